The lowest BCUT2D eigenvalue weighted by atomic mass is 10.1. The highest BCUT2D eigenvalue weighted by molar-refractivity contribution is 6.00. The first-order valence-corrected chi connectivity index (χ1v) is 9.20. The number of amides is 3. The molecule has 0 saturated carbocycles. The summed E-state index contributed by atoms with van der Waals surface area (Å²) >= 11 is 0. The van der Waals surface area contributed by atoms with Gasteiger partial charge in [-0.1, -0.05) is 42.4 Å². The van der Waals surface area contributed by atoms with E-state index in [1.807, 2.05) is 44.2 Å². The monoisotopic (exact) mass is 395 g/mol. The van der Waals surface area contributed by atoms with Crippen LogP contribution in [0, 0.1) is 0 Å². The maximum absolute atomic E-state index is 12.3. The van der Waals surface area contributed by atoms with E-state index in [-0.39, 0.29) is 11.6 Å². The van der Waals surface area contributed by atoms with Crippen LogP contribution in [0.25, 0.3) is 22.2 Å². The maximum atomic E-state index is 12.3. The molecule has 0 spiro atoms. The number of rotatable bonds is 6. The van der Waals surface area contributed by atoms with Crippen LogP contribution in [0.4, 0.5) is 4.79 Å². The SMILES string of the molecule is CC[C@@H](C)NC(=O)NC(=O)COC(=O)c1ccc2noc(-c3ccccc3)c2c1. The van der Waals surface area contributed by atoms with Gasteiger partial charge in [0.1, 0.15) is 5.52 Å². The Kier molecular flexibility index (Phi) is 6.23. The molecule has 8 heteroatoms. The maximum Gasteiger partial charge on any atom is 0.338 e. The summed E-state index contributed by atoms with van der Waals surface area (Å²) in [6.07, 6.45) is 0.729. The van der Waals surface area contributed by atoms with Crippen LogP contribution in [0.15, 0.2) is 53.1 Å². The Labute approximate surface area is 167 Å². The molecule has 0 radical (unpaired) electrons. The topological polar surface area (TPSA) is 111 Å². The van der Waals surface area contributed by atoms with Gasteiger partial charge in [-0.15, -0.1) is 0 Å². The Bertz CT molecular complexity index is 1030. The first-order valence-electron chi connectivity index (χ1n) is 9.20. The van der Waals surface area contributed by atoms with E-state index in [9.17, 15) is 14.4 Å². The van der Waals surface area contributed by atoms with E-state index < -0.39 is 24.5 Å². The van der Waals surface area contributed by atoms with Crippen LogP contribution in [0.3, 0.4) is 0 Å². The fourth-order valence-electron chi connectivity index (χ4n) is 2.61. The molecule has 1 atom stereocenters. The summed E-state index contributed by atoms with van der Waals surface area (Å²) in [5, 5.41) is 9.36. The summed E-state index contributed by atoms with van der Waals surface area (Å²) in [6.45, 7) is 3.15. The highest BCUT2D eigenvalue weighted by Crippen LogP contribution is 2.29. The Hall–Kier alpha value is -3.68. The molecule has 0 aliphatic rings. The van der Waals surface area contributed by atoms with Gasteiger partial charge >= 0.3 is 12.0 Å². The van der Waals surface area contributed by atoms with E-state index >= 15 is 0 Å². The third-order valence-corrected chi connectivity index (χ3v) is 4.33. The van der Waals surface area contributed by atoms with Gasteiger partial charge in [0.25, 0.3) is 5.91 Å². The standard InChI is InChI=1S/C21H21N3O5/c1-3-13(2)22-21(27)23-18(25)12-28-20(26)15-9-10-17-16(11-15)19(29-24-17)14-7-5-4-6-8-14/h4-11,13H,3,12H2,1-2H3,(H2,22,23,25,27)/t13-/m1/s1. The number of nitrogens with zero attached hydrogens (tertiary/aromatic N) is 1. The summed E-state index contributed by atoms with van der Waals surface area (Å²) in [4.78, 5) is 35.7. The smallest absolute Gasteiger partial charge is 0.338 e. The van der Waals surface area contributed by atoms with Crippen molar-refractivity contribution in [1.82, 2.24) is 15.8 Å². The second-order valence-corrected chi connectivity index (χ2v) is 6.52. The third-order valence-electron chi connectivity index (χ3n) is 4.33. The lowest BCUT2D eigenvalue weighted by Gasteiger charge is -2.11. The summed E-state index contributed by atoms with van der Waals surface area (Å²) in [5.74, 6) is -0.866. The normalized spacial score (nSPS) is 11.7. The van der Waals surface area contributed by atoms with Gasteiger partial charge in [-0.3, -0.25) is 10.1 Å². The number of hydrogen-bond donors (Lipinski definition) is 2. The van der Waals surface area contributed by atoms with Crippen molar-refractivity contribution in [3.63, 3.8) is 0 Å². The van der Waals surface area contributed by atoms with Crippen molar-refractivity contribution in [2.24, 2.45) is 0 Å². The Morgan fingerprint density at radius 3 is 2.62 bits per heavy atom. The average molecular weight is 395 g/mol. The van der Waals surface area contributed by atoms with Crippen LogP contribution in [0.2, 0.25) is 0 Å². The van der Waals surface area contributed by atoms with Crippen molar-refractivity contribution >= 4 is 28.8 Å². The fraction of sp³-hybridized carbons (Fsp3) is 0.238. The number of fused-ring (bicyclic) bond motifs is 1. The molecule has 2 N–H and O–H groups in total. The van der Waals surface area contributed by atoms with Crippen LogP contribution in [-0.4, -0.2) is 35.7 Å². The molecule has 29 heavy (non-hydrogen) atoms. The van der Waals surface area contributed by atoms with Crippen LogP contribution >= 0.6 is 0 Å². The molecule has 0 aliphatic heterocycles. The molecule has 1 heterocycles. The van der Waals surface area contributed by atoms with Gasteiger partial charge in [-0.05, 0) is 31.5 Å². The molecule has 3 aromatic rings. The van der Waals surface area contributed by atoms with E-state index in [2.05, 4.69) is 15.8 Å². The zero-order valence-corrected chi connectivity index (χ0v) is 16.1. The first kappa shape index (κ1) is 20.1. The summed E-state index contributed by atoms with van der Waals surface area (Å²) in [6, 6.07) is 13.5. The Balaban J connectivity index is 1.65. The number of carbonyl (C=O) groups excluding carboxylic acids is 3. The molecule has 8 nitrogen and oxygen atoms in total. The predicted molar refractivity (Wildman–Crippen MR) is 106 cm³/mol. The highest BCUT2D eigenvalue weighted by Gasteiger charge is 2.16. The van der Waals surface area contributed by atoms with Crippen LogP contribution < -0.4 is 10.6 Å². The summed E-state index contributed by atoms with van der Waals surface area (Å²) in [7, 11) is 0. The number of urea groups is 1. The second kappa shape index (κ2) is 9.01. The van der Waals surface area contributed by atoms with Gasteiger partial charge in [0.2, 0.25) is 0 Å². The van der Waals surface area contributed by atoms with E-state index in [1.54, 1.807) is 12.1 Å². The molecule has 0 bridgehead atoms. The van der Waals surface area contributed by atoms with Gasteiger partial charge in [-0.25, -0.2) is 9.59 Å². The molecular formula is C21H21N3O5. The number of imide groups is 1. The lowest BCUT2D eigenvalue weighted by Crippen LogP contribution is -2.44. The van der Waals surface area contributed by atoms with Crippen molar-refractivity contribution in [2.45, 2.75) is 26.3 Å². The van der Waals surface area contributed by atoms with Gasteiger partial charge in [0.05, 0.1) is 10.9 Å². The number of nitrogens with one attached hydrogen (secondary N) is 2. The minimum Gasteiger partial charge on any atom is -0.452 e. The Morgan fingerprint density at radius 1 is 1.14 bits per heavy atom. The van der Waals surface area contributed by atoms with Gasteiger partial charge in [0.15, 0.2) is 12.4 Å². The van der Waals surface area contributed by atoms with Gasteiger partial charge in [-0.2, -0.15) is 0 Å². The van der Waals surface area contributed by atoms with Crippen molar-refractivity contribution < 1.29 is 23.6 Å². The minimum absolute atomic E-state index is 0.0699. The van der Waals surface area contributed by atoms with Crippen LogP contribution in [0.1, 0.15) is 30.6 Å². The quantitative estimate of drug-likeness (QED) is 0.620. The molecular weight excluding hydrogens is 374 g/mol. The number of benzene rings is 2. The van der Waals surface area contributed by atoms with Crippen molar-refractivity contribution in [1.29, 1.82) is 0 Å². The van der Waals surface area contributed by atoms with E-state index in [0.29, 0.717) is 16.7 Å². The van der Waals surface area contributed by atoms with Crippen molar-refractivity contribution in [2.75, 3.05) is 6.61 Å². The molecule has 1 aromatic heterocycles. The lowest BCUT2D eigenvalue weighted by molar-refractivity contribution is -0.123. The van der Waals surface area contributed by atoms with Gasteiger partial charge < -0.3 is 14.6 Å². The number of carbonyl (C=O) groups is 3. The van der Waals surface area contributed by atoms with Gasteiger partial charge in [0, 0.05) is 11.6 Å². The number of hydrogen-bond acceptors (Lipinski definition) is 6. The molecule has 3 rings (SSSR count). The molecule has 0 fully saturated rings. The average Bonchev–Trinajstić information content (AvgIpc) is 3.15. The molecule has 150 valence electrons. The van der Waals surface area contributed by atoms with Crippen LogP contribution in [0.5, 0.6) is 0 Å². The third kappa shape index (κ3) is 4.98. The summed E-state index contributed by atoms with van der Waals surface area (Å²) in [5.41, 5.74) is 1.67. The zero-order chi connectivity index (χ0) is 20.8. The molecule has 0 aliphatic carbocycles. The zero-order valence-electron chi connectivity index (χ0n) is 16.1. The van der Waals surface area contributed by atoms with Crippen LogP contribution in [-0.2, 0) is 9.53 Å². The fourth-order valence-corrected chi connectivity index (χ4v) is 2.61. The minimum atomic E-state index is -0.713. The number of aromatic nitrogens is 1. The number of ether oxygens (including phenoxy) is 1. The number of esters is 1. The predicted octanol–water partition coefficient (Wildman–Crippen LogP) is 3.28. The van der Waals surface area contributed by atoms with E-state index in [0.717, 1.165) is 12.0 Å². The second-order valence-electron chi connectivity index (χ2n) is 6.52. The molecule has 0 saturated heterocycles. The van der Waals surface area contributed by atoms with E-state index in [1.165, 1.54) is 6.07 Å². The van der Waals surface area contributed by atoms with Crippen molar-refractivity contribution in [3.05, 3.63) is 54.1 Å². The molecule has 3 amide bonds. The Morgan fingerprint density at radius 2 is 1.90 bits per heavy atom. The first-order chi connectivity index (χ1) is 14.0. The molecule has 2 aromatic carbocycles. The highest BCUT2D eigenvalue weighted by atomic mass is 16.5. The molecule has 0 unspecified atom stereocenters. The van der Waals surface area contributed by atoms with Crippen molar-refractivity contribution in [3.8, 4) is 11.3 Å². The largest absolute Gasteiger partial charge is 0.452 e. The summed E-state index contributed by atoms with van der Waals surface area (Å²) < 4.78 is 10.4. The van der Waals surface area contributed by atoms with E-state index in [4.69, 9.17) is 9.26 Å².